The monoisotopic (exact) mass is 441 g/mol. The van der Waals surface area contributed by atoms with E-state index in [-0.39, 0.29) is 0 Å². The van der Waals surface area contributed by atoms with Crippen LogP contribution in [0.15, 0.2) is 28.9 Å². The van der Waals surface area contributed by atoms with Crippen LogP contribution >= 0.6 is 0 Å². The molecular formula is C25H23N5O3. The number of rotatable bonds is 3. The lowest BCUT2D eigenvalue weighted by atomic mass is 9.97. The molecule has 0 fully saturated rings. The van der Waals surface area contributed by atoms with Crippen LogP contribution in [-0.2, 0) is 6.42 Å². The number of aromatic amines is 1. The number of aromatic nitrogens is 5. The molecule has 166 valence electrons. The summed E-state index contributed by atoms with van der Waals surface area (Å²) in [5.74, 6) is 2.89. The van der Waals surface area contributed by atoms with Crippen LogP contribution in [0.2, 0.25) is 0 Å². The van der Waals surface area contributed by atoms with Crippen LogP contribution < -0.4 is 9.47 Å². The number of hydrogen-bond donors (Lipinski definition) is 1. The van der Waals surface area contributed by atoms with Crippen molar-refractivity contribution in [2.75, 3.05) is 13.7 Å². The third-order valence-electron chi connectivity index (χ3n) is 6.27. The van der Waals surface area contributed by atoms with Crippen molar-refractivity contribution in [1.29, 1.82) is 0 Å². The van der Waals surface area contributed by atoms with E-state index in [9.17, 15) is 0 Å². The van der Waals surface area contributed by atoms with Gasteiger partial charge in [-0.1, -0.05) is 5.16 Å². The lowest BCUT2D eigenvalue weighted by Crippen LogP contribution is -2.11. The normalized spacial score (nSPS) is 13.3. The molecule has 0 unspecified atom stereocenters. The highest BCUT2D eigenvalue weighted by atomic mass is 16.5. The molecule has 1 N–H and O–H groups in total. The molecule has 5 aromatic rings. The van der Waals surface area contributed by atoms with Crippen molar-refractivity contribution in [1.82, 2.24) is 25.1 Å². The molecule has 1 aliphatic rings. The van der Waals surface area contributed by atoms with Crippen molar-refractivity contribution in [2.45, 2.75) is 33.6 Å². The fourth-order valence-corrected chi connectivity index (χ4v) is 4.84. The zero-order chi connectivity index (χ0) is 22.7. The molecule has 8 heteroatoms. The molecule has 5 heterocycles. The number of aryl methyl sites for hydroxylation is 3. The van der Waals surface area contributed by atoms with Gasteiger partial charge < -0.3 is 19.0 Å². The van der Waals surface area contributed by atoms with Gasteiger partial charge in [0.15, 0.2) is 0 Å². The molecule has 0 bridgehead atoms. The van der Waals surface area contributed by atoms with Gasteiger partial charge in [-0.15, -0.1) is 0 Å². The number of nitrogens with one attached hydrogen (secondary N) is 1. The minimum Gasteiger partial charge on any atom is -0.496 e. The van der Waals surface area contributed by atoms with Crippen molar-refractivity contribution in [3.05, 3.63) is 47.2 Å². The Labute approximate surface area is 190 Å². The first-order valence-corrected chi connectivity index (χ1v) is 11.0. The minimum absolute atomic E-state index is 0.691. The van der Waals surface area contributed by atoms with Crippen molar-refractivity contribution in [3.8, 4) is 34.0 Å². The molecule has 0 radical (unpaired) electrons. The lowest BCUT2D eigenvalue weighted by Gasteiger charge is -2.19. The van der Waals surface area contributed by atoms with Crippen LogP contribution in [0, 0.1) is 20.8 Å². The summed E-state index contributed by atoms with van der Waals surface area (Å²) >= 11 is 0. The van der Waals surface area contributed by atoms with E-state index in [1.807, 2.05) is 32.9 Å². The maximum atomic E-state index is 5.82. The van der Waals surface area contributed by atoms with Gasteiger partial charge in [-0.25, -0.2) is 15.0 Å². The number of hydrogen-bond acceptors (Lipinski definition) is 7. The molecule has 0 aliphatic carbocycles. The molecule has 0 saturated heterocycles. The van der Waals surface area contributed by atoms with Crippen LogP contribution in [0.4, 0.5) is 0 Å². The quantitative estimate of drug-likeness (QED) is 0.416. The number of pyridine rings is 1. The Morgan fingerprint density at radius 3 is 2.76 bits per heavy atom. The number of ether oxygens (including phenoxy) is 2. The molecule has 0 spiro atoms. The first-order valence-electron chi connectivity index (χ1n) is 11.0. The maximum Gasteiger partial charge on any atom is 0.217 e. The Hall–Kier alpha value is -3.94. The Morgan fingerprint density at radius 1 is 1.09 bits per heavy atom. The van der Waals surface area contributed by atoms with E-state index in [4.69, 9.17) is 24.0 Å². The summed E-state index contributed by atoms with van der Waals surface area (Å²) in [6.07, 6.45) is 3.65. The Kier molecular flexibility index (Phi) is 4.36. The van der Waals surface area contributed by atoms with Gasteiger partial charge in [0, 0.05) is 33.8 Å². The van der Waals surface area contributed by atoms with Gasteiger partial charge in [0.2, 0.25) is 5.88 Å². The summed E-state index contributed by atoms with van der Waals surface area (Å²) in [6.45, 7) is 6.44. The van der Waals surface area contributed by atoms with Gasteiger partial charge in [0.1, 0.15) is 23.0 Å². The molecular weight excluding hydrogens is 418 g/mol. The fraction of sp³-hybridized carbons (Fsp3) is 0.280. The predicted molar refractivity (Wildman–Crippen MR) is 125 cm³/mol. The van der Waals surface area contributed by atoms with E-state index in [0.717, 1.165) is 79.9 Å². The smallest absolute Gasteiger partial charge is 0.217 e. The molecule has 1 aliphatic heterocycles. The van der Waals surface area contributed by atoms with Crippen LogP contribution in [0.3, 0.4) is 0 Å². The number of nitrogens with zero attached hydrogens (tertiary/aromatic N) is 4. The minimum atomic E-state index is 0.691. The molecule has 1 aromatic carbocycles. The summed E-state index contributed by atoms with van der Waals surface area (Å²) in [6, 6.07) is 6.14. The Balaban J connectivity index is 1.67. The number of fused-ring (bicyclic) bond motifs is 4. The predicted octanol–water partition coefficient (Wildman–Crippen LogP) is 5.09. The van der Waals surface area contributed by atoms with Crippen molar-refractivity contribution < 1.29 is 14.0 Å². The van der Waals surface area contributed by atoms with Gasteiger partial charge in [-0.05, 0) is 51.8 Å². The van der Waals surface area contributed by atoms with Crippen LogP contribution in [-0.4, -0.2) is 38.8 Å². The molecule has 0 amide bonds. The van der Waals surface area contributed by atoms with Gasteiger partial charge in [0.25, 0.3) is 0 Å². The van der Waals surface area contributed by atoms with Crippen molar-refractivity contribution >= 4 is 21.9 Å². The highest BCUT2D eigenvalue weighted by Gasteiger charge is 2.23. The highest BCUT2D eigenvalue weighted by Crippen LogP contribution is 2.42. The SMILES string of the molecule is COc1cc2c(cc1-c1c(C)noc1C)[nH]c1nc(C)nc(-c3ccnc4c3CCCO4)c12. The molecule has 8 nitrogen and oxygen atoms in total. The topological polar surface area (TPSA) is 99.0 Å². The standard InChI is InChI=1S/C25H23N5O3/c1-12-21(13(2)33-30-12)18-10-19-17(11-20(18)31-4)22-23(27-14(3)28-24(22)29-19)15-7-8-26-25-16(15)6-5-9-32-25/h7-8,10-11H,5-6,9H2,1-4H3,(H,27,28,29). The summed E-state index contributed by atoms with van der Waals surface area (Å²) in [7, 11) is 1.68. The molecule has 0 saturated carbocycles. The molecule has 33 heavy (non-hydrogen) atoms. The second-order valence-electron chi connectivity index (χ2n) is 8.36. The summed E-state index contributed by atoms with van der Waals surface area (Å²) in [5, 5.41) is 6.07. The second kappa shape index (κ2) is 7.30. The zero-order valence-corrected chi connectivity index (χ0v) is 18.9. The first kappa shape index (κ1) is 19.7. The number of benzene rings is 1. The average Bonchev–Trinajstić information content (AvgIpc) is 3.35. The van der Waals surface area contributed by atoms with E-state index < -0.39 is 0 Å². The zero-order valence-electron chi connectivity index (χ0n) is 18.9. The van der Waals surface area contributed by atoms with Crippen LogP contribution in [0.25, 0.3) is 44.3 Å². The van der Waals surface area contributed by atoms with Gasteiger partial charge in [-0.2, -0.15) is 0 Å². The van der Waals surface area contributed by atoms with Crippen LogP contribution in [0.1, 0.15) is 29.3 Å². The number of H-pyrrole nitrogens is 1. The summed E-state index contributed by atoms with van der Waals surface area (Å²) < 4.78 is 17.0. The second-order valence-corrected chi connectivity index (χ2v) is 8.36. The number of methoxy groups -OCH3 is 1. The lowest BCUT2D eigenvalue weighted by molar-refractivity contribution is 0.276. The Bertz CT molecular complexity index is 1530. The van der Waals surface area contributed by atoms with E-state index in [1.165, 1.54) is 0 Å². The van der Waals surface area contributed by atoms with Crippen molar-refractivity contribution in [2.24, 2.45) is 0 Å². The highest BCUT2D eigenvalue weighted by molar-refractivity contribution is 6.13. The fourth-order valence-electron chi connectivity index (χ4n) is 4.84. The van der Waals surface area contributed by atoms with E-state index in [2.05, 4.69) is 21.2 Å². The Morgan fingerprint density at radius 2 is 1.97 bits per heavy atom. The summed E-state index contributed by atoms with van der Waals surface area (Å²) in [5.41, 5.74) is 7.42. The third-order valence-corrected chi connectivity index (χ3v) is 6.27. The van der Waals surface area contributed by atoms with Gasteiger partial charge in [-0.3, -0.25) is 0 Å². The molecule has 4 aromatic heterocycles. The first-order chi connectivity index (χ1) is 16.0. The largest absolute Gasteiger partial charge is 0.496 e. The molecule has 0 atom stereocenters. The van der Waals surface area contributed by atoms with Gasteiger partial charge in [0.05, 0.1) is 36.1 Å². The summed E-state index contributed by atoms with van der Waals surface area (Å²) in [4.78, 5) is 17.5. The van der Waals surface area contributed by atoms with Crippen LogP contribution in [0.5, 0.6) is 11.6 Å². The van der Waals surface area contributed by atoms with Gasteiger partial charge >= 0.3 is 0 Å². The average molecular weight is 441 g/mol. The van der Waals surface area contributed by atoms with E-state index in [1.54, 1.807) is 13.3 Å². The van der Waals surface area contributed by atoms with Crippen molar-refractivity contribution in [3.63, 3.8) is 0 Å². The molecule has 6 rings (SSSR count). The van der Waals surface area contributed by atoms with E-state index in [0.29, 0.717) is 18.3 Å². The van der Waals surface area contributed by atoms with E-state index >= 15 is 0 Å². The maximum absolute atomic E-state index is 5.82. The third kappa shape index (κ3) is 2.97.